The van der Waals surface area contributed by atoms with Crippen molar-refractivity contribution in [3.8, 4) is 0 Å². The van der Waals surface area contributed by atoms with Crippen molar-refractivity contribution >= 4 is 11.9 Å². The highest BCUT2D eigenvalue weighted by Crippen LogP contribution is 2.73. The Kier molecular flexibility index (Phi) is 4.79. The molecule has 0 aromatic carbocycles. The van der Waals surface area contributed by atoms with Crippen LogP contribution in [0.5, 0.6) is 0 Å². The van der Waals surface area contributed by atoms with Gasteiger partial charge in [0.2, 0.25) is 6.29 Å². The Morgan fingerprint density at radius 1 is 1.06 bits per heavy atom. The van der Waals surface area contributed by atoms with Crippen LogP contribution >= 0.6 is 0 Å². The summed E-state index contributed by atoms with van der Waals surface area (Å²) in [6.45, 7) is 13.5. The fourth-order valence-electron chi connectivity index (χ4n) is 9.98. The van der Waals surface area contributed by atoms with Crippen LogP contribution in [0.25, 0.3) is 0 Å². The van der Waals surface area contributed by atoms with Crippen LogP contribution in [-0.2, 0) is 19.1 Å². The average Bonchev–Trinajstić information content (AvgIpc) is 2.97. The van der Waals surface area contributed by atoms with Crippen molar-refractivity contribution < 1.29 is 24.2 Å². The fourth-order valence-corrected chi connectivity index (χ4v) is 9.98. The van der Waals surface area contributed by atoms with E-state index in [0.717, 1.165) is 19.3 Å². The van der Waals surface area contributed by atoms with Crippen LogP contribution in [-0.4, -0.2) is 29.4 Å². The zero-order valence-corrected chi connectivity index (χ0v) is 20.6. The number of carbonyl (C=O) groups is 2. The third-order valence-electron chi connectivity index (χ3n) is 11.2. The smallest absolute Gasteiger partial charge is 0.336 e. The van der Waals surface area contributed by atoms with Crippen molar-refractivity contribution in [2.24, 2.45) is 45.3 Å². The van der Waals surface area contributed by atoms with E-state index in [1.165, 1.54) is 32.6 Å². The highest BCUT2D eigenvalue weighted by atomic mass is 16.6. The molecule has 5 heteroatoms. The van der Waals surface area contributed by atoms with Gasteiger partial charge in [0.15, 0.2) is 0 Å². The van der Waals surface area contributed by atoms with Gasteiger partial charge >= 0.3 is 11.9 Å². The van der Waals surface area contributed by atoms with Crippen LogP contribution in [0.3, 0.4) is 0 Å². The lowest BCUT2D eigenvalue weighted by atomic mass is 9.34. The van der Waals surface area contributed by atoms with E-state index in [9.17, 15) is 14.7 Å². The average molecular weight is 445 g/mol. The molecule has 0 aromatic heterocycles. The molecule has 1 aliphatic heterocycles. The summed E-state index contributed by atoms with van der Waals surface area (Å²) in [7, 11) is 0. The lowest BCUT2D eigenvalue weighted by Crippen LogP contribution is -2.67. The summed E-state index contributed by atoms with van der Waals surface area (Å²) in [5, 5.41) is 10.8. The first-order valence-corrected chi connectivity index (χ1v) is 12.6. The molecule has 0 bridgehead atoms. The van der Waals surface area contributed by atoms with Gasteiger partial charge in [0.05, 0.1) is 5.92 Å². The van der Waals surface area contributed by atoms with E-state index in [1.807, 2.05) is 6.08 Å². The maximum Gasteiger partial charge on any atom is 0.336 e. The SMILES string of the molecule is CC(=O)O[C@H]1C[C@@H]2[C@@]3(C)CCCC(C)(C)[C@@H]3CC[C@@]2(C)[C@@H]2CC=C3C(=O)O[C@@H](O)[C@H]3[C@@]12C. The molecule has 4 fully saturated rings. The van der Waals surface area contributed by atoms with Crippen LogP contribution in [0, 0.1) is 45.3 Å². The lowest BCUT2D eigenvalue weighted by molar-refractivity contribution is -0.252. The number of hydrogen-bond acceptors (Lipinski definition) is 5. The molecule has 0 aromatic rings. The number of esters is 2. The third kappa shape index (κ3) is 2.72. The number of rotatable bonds is 1. The fraction of sp³-hybridized carbons (Fsp3) is 0.852. The Hall–Kier alpha value is -1.36. The van der Waals surface area contributed by atoms with Crippen LogP contribution in [0.15, 0.2) is 11.6 Å². The lowest BCUT2D eigenvalue weighted by Gasteiger charge is -2.70. The van der Waals surface area contributed by atoms with Gasteiger partial charge in [-0.05, 0) is 72.5 Å². The summed E-state index contributed by atoms with van der Waals surface area (Å²) >= 11 is 0. The van der Waals surface area contributed by atoms with Gasteiger partial charge in [0, 0.05) is 17.9 Å². The van der Waals surface area contributed by atoms with Gasteiger partial charge in [-0.2, -0.15) is 0 Å². The number of fused-ring (bicyclic) bond motifs is 7. The number of allylic oxidation sites excluding steroid dienone is 1. The zero-order valence-electron chi connectivity index (χ0n) is 20.6. The molecule has 9 atom stereocenters. The van der Waals surface area contributed by atoms with Crippen molar-refractivity contribution in [3.63, 3.8) is 0 Å². The Labute approximate surface area is 192 Å². The molecule has 5 nitrogen and oxygen atoms in total. The van der Waals surface area contributed by atoms with Gasteiger partial charge in [-0.25, -0.2) is 4.79 Å². The summed E-state index contributed by atoms with van der Waals surface area (Å²) < 4.78 is 11.4. The summed E-state index contributed by atoms with van der Waals surface area (Å²) in [6.07, 6.45) is 8.23. The van der Waals surface area contributed by atoms with Crippen molar-refractivity contribution in [2.45, 2.75) is 98.9 Å². The number of hydrogen-bond donors (Lipinski definition) is 1. The van der Waals surface area contributed by atoms with E-state index in [1.54, 1.807) is 0 Å². The largest absolute Gasteiger partial charge is 0.462 e. The molecular formula is C27H40O5. The molecule has 5 rings (SSSR count). The standard InChI is InChI=1S/C27H40O5/c1-15(28)31-20-14-19-25(4)12-7-11-24(2,3)17(25)10-13-26(19,5)18-9-8-16-21(27(18,20)6)23(30)32-22(16)29/h8,17-21,23,30H,7,9-14H2,1-6H3/t17-,18-,19+,20-,21-,23+,25-,26-,27+/m0/s1. The van der Waals surface area contributed by atoms with E-state index in [0.29, 0.717) is 22.8 Å². The molecule has 1 N–H and O–H groups in total. The molecule has 0 unspecified atom stereocenters. The van der Waals surface area contributed by atoms with E-state index < -0.39 is 23.6 Å². The molecule has 0 spiro atoms. The molecule has 1 heterocycles. The van der Waals surface area contributed by atoms with Gasteiger partial charge in [0.25, 0.3) is 0 Å². The first kappa shape index (κ1) is 22.4. The quantitative estimate of drug-likeness (QED) is 0.575. The van der Waals surface area contributed by atoms with Crippen molar-refractivity contribution in [2.75, 3.05) is 0 Å². The van der Waals surface area contributed by atoms with Gasteiger partial charge in [0.1, 0.15) is 6.10 Å². The zero-order chi connectivity index (χ0) is 23.3. The number of aliphatic hydroxyl groups excluding tert-OH is 1. The Morgan fingerprint density at radius 2 is 1.75 bits per heavy atom. The first-order chi connectivity index (χ1) is 14.9. The Bertz CT molecular complexity index is 875. The van der Waals surface area contributed by atoms with Crippen molar-refractivity contribution in [3.05, 3.63) is 11.6 Å². The van der Waals surface area contributed by atoms with Crippen LogP contribution in [0.1, 0.15) is 86.5 Å². The molecule has 0 amide bonds. The maximum absolute atomic E-state index is 12.5. The second kappa shape index (κ2) is 6.84. The summed E-state index contributed by atoms with van der Waals surface area (Å²) in [5.74, 6) is 0.196. The topological polar surface area (TPSA) is 72.8 Å². The van der Waals surface area contributed by atoms with E-state index in [4.69, 9.17) is 9.47 Å². The minimum atomic E-state index is -1.17. The van der Waals surface area contributed by atoms with Crippen LogP contribution in [0.4, 0.5) is 0 Å². The third-order valence-corrected chi connectivity index (χ3v) is 11.2. The Morgan fingerprint density at radius 3 is 2.44 bits per heavy atom. The number of carbonyl (C=O) groups excluding carboxylic acids is 2. The highest BCUT2D eigenvalue weighted by molar-refractivity contribution is 5.91. The monoisotopic (exact) mass is 444 g/mol. The molecule has 0 radical (unpaired) electrons. The summed E-state index contributed by atoms with van der Waals surface area (Å²) in [6, 6.07) is 0. The predicted molar refractivity (Wildman–Crippen MR) is 120 cm³/mol. The van der Waals surface area contributed by atoms with E-state index in [2.05, 4.69) is 34.6 Å². The highest BCUT2D eigenvalue weighted by Gasteiger charge is 2.71. The van der Waals surface area contributed by atoms with Crippen molar-refractivity contribution in [1.29, 1.82) is 0 Å². The van der Waals surface area contributed by atoms with Gasteiger partial charge in [-0.3, -0.25) is 4.79 Å². The molecule has 1 saturated heterocycles. The summed E-state index contributed by atoms with van der Waals surface area (Å²) in [5.41, 5.74) is 0.651. The molecule has 3 saturated carbocycles. The first-order valence-electron chi connectivity index (χ1n) is 12.6. The molecule has 178 valence electrons. The summed E-state index contributed by atoms with van der Waals surface area (Å²) in [4.78, 5) is 24.8. The minimum absolute atomic E-state index is 0.0669. The number of ether oxygens (including phenoxy) is 2. The number of aliphatic hydroxyl groups is 1. The molecule has 4 aliphatic carbocycles. The molecular weight excluding hydrogens is 404 g/mol. The second-order valence-corrected chi connectivity index (χ2v) is 12.9. The minimum Gasteiger partial charge on any atom is -0.462 e. The maximum atomic E-state index is 12.5. The van der Waals surface area contributed by atoms with Crippen LogP contribution in [0.2, 0.25) is 0 Å². The van der Waals surface area contributed by atoms with E-state index in [-0.39, 0.29) is 28.8 Å². The van der Waals surface area contributed by atoms with Gasteiger partial charge < -0.3 is 14.6 Å². The molecule has 5 aliphatic rings. The Balaban J connectivity index is 1.64. The second-order valence-electron chi connectivity index (χ2n) is 12.9. The molecule has 32 heavy (non-hydrogen) atoms. The van der Waals surface area contributed by atoms with Gasteiger partial charge in [-0.1, -0.05) is 47.1 Å². The predicted octanol–water partition coefficient (Wildman–Crippen LogP) is 5.01. The van der Waals surface area contributed by atoms with Crippen molar-refractivity contribution in [1.82, 2.24) is 0 Å². The van der Waals surface area contributed by atoms with Crippen LogP contribution < -0.4 is 0 Å². The van der Waals surface area contributed by atoms with Gasteiger partial charge in [-0.15, -0.1) is 0 Å². The number of cyclic esters (lactones) is 1. The normalized spacial score (nSPS) is 51.3. The van der Waals surface area contributed by atoms with E-state index >= 15 is 0 Å².